The van der Waals surface area contributed by atoms with Gasteiger partial charge in [0.15, 0.2) is 0 Å². The van der Waals surface area contributed by atoms with Crippen LogP contribution in [-0.2, 0) is 10.0 Å². The summed E-state index contributed by atoms with van der Waals surface area (Å²) in [5.41, 5.74) is 5.26. The summed E-state index contributed by atoms with van der Waals surface area (Å²) in [6.45, 7) is 2.53. The second-order valence-corrected chi connectivity index (χ2v) is 5.76. The Morgan fingerprint density at radius 1 is 1.24 bits per heavy atom. The molecule has 17 heavy (non-hydrogen) atoms. The highest BCUT2D eigenvalue weighted by molar-refractivity contribution is 7.89. The van der Waals surface area contributed by atoms with Crippen molar-refractivity contribution in [3.8, 4) is 0 Å². The molecule has 0 atom stereocenters. The van der Waals surface area contributed by atoms with E-state index in [2.05, 4.69) is 0 Å². The van der Waals surface area contributed by atoms with E-state index in [1.54, 1.807) is 6.92 Å². The molecule has 0 saturated heterocycles. The summed E-state index contributed by atoms with van der Waals surface area (Å²) in [7, 11) is -3.59. The molecule has 0 aromatic rings. The lowest BCUT2D eigenvalue weighted by Crippen LogP contribution is -2.34. The Balaban J connectivity index is 4.24. The zero-order chi connectivity index (χ0) is 13.5. The molecule has 0 fully saturated rings. The van der Waals surface area contributed by atoms with Crippen molar-refractivity contribution in [2.24, 2.45) is 5.73 Å². The van der Waals surface area contributed by atoms with Crippen LogP contribution in [0.1, 0.15) is 26.2 Å². The monoisotopic (exact) mass is 276 g/mol. The van der Waals surface area contributed by atoms with Crippen molar-refractivity contribution in [3.05, 3.63) is 0 Å². The Kier molecular flexibility index (Phi) is 7.03. The molecule has 8 heteroatoms. The highest BCUT2D eigenvalue weighted by Gasteiger charge is 2.28. The molecule has 0 rings (SSSR count). The molecule has 4 nitrogen and oxygen atoms in total. The third-order valence-electron chi connectivity index (χ3n) is 2.22. The quantitative estimate of drug-likeness (QED) is 0.727. The number of hydrogen-bond acceptors (Lipinski definition) is 3. The van der Waals surface area contributed by atoms with Crippen LogP contribution in [0, 0.1) is 0 Å². The number of halogens is 3. The number of hydrogen-bond donors (Lipinski definition) is 1. The zero-order valence-electron chi connectivity index (χ0n) is 9.83. The van der Waals surface area contributed by atoms with Gasteiger partial charge in [-0.2, -0.15) is 13.2 Å². The molecule has 0 radical (unpaired) electrons. The lowest BCUT2D eigenvalue weighted by atomic mass is 10.3. The minimum absolute atomic E-state index is 0.258. The average Bonchev–Trinajstić information content (AvgIpc) is 2.16. The summed E-state index contributed by atoms with van der Waals surface area (Å²) in [4.78, 5) is 0. The second-order valence-electron chi connectivity index (χ2n) is 3.67. The number of rotatable bonds is 8. The van der Waals surface area contributed by atoms with E-state index in [4.69, 9.17) is 5.73 Å². The van der Waals surface area contributed by atoms with Gasteiger partial charge in [0.1, 0.15) is 0 Å². The minimum atomic E-state index is -4.30. The molecular weight excluding hydrogens is 257 g/mol. The maximum absolute atomic E-state index is 11.9. The Hall–Kier alpha value is -0.340. The summed E-state index contributed by atoms with van der Waals surface area (Å²) in [6.07, 6.45) is -5.26. The normalized spacial score (nSPS) is 13.3. The van der Waals surface area contributed by atoms with Gasteiger partial charge >= 0.3 is 6.18 Å². The van der Waals surface area contributed by atoms with E-state index in [1.807, 2.05) is 0 Å². The number of sulfonamides is 1. The van der Waals surface area contributed by atoms with E-state index in [-0.39, 0.29) is 13.1 Å². The van der Waals surface area contributed by atoms with Gasteiger partial charge < -0.3 is 5.73 Å². The largest absolute Gasteiger partial charge is 0.389 e. The molecule has 0 aromatic heterocycles. The van der Waals surface area contributed by atoms with Gasteiger partial charge in [0.25, 0.3) is 0 Å². The predicted molar refractivity (Wildman–Crippen MR) is 60.0 cm³/mol. The van der Waals surface area contributed by atoms with Crippen LogP contribution in [0.4, 0.5) is 13.2 Å². The Labute approximate surface area is 100 Å². The van der Waals surface area contributed by atoms with Crippen molar-refractivity contribution < 1.29 is 21.6 Å². The first-order valence-electron chi connectivity index (χ1n) is 5.47. The molecule has 0 heterocycles. The molecule has 0 bridgehead atoms. The molecular formula is C9H19F3N2O2S. The third kappa shape index (κ3) is 7.56. The van der Waals surface area contributed by atoms with Gasteiger partial charge in [-0.3, -0.25) is 0 Å². The maximum atomic E-state index is 11.9. The van der Waals surface area contributed by atoms with Crippen molar-refractivity contribution in [1.29, 1.82) is 0 Å². The summed E-state index contributed by atoms with van der Waals surface area (Å²) >= 11 is 0. The molecule has 0 aromatic carbocycles. The SMILES string of the molecule is CCN(CCCN)S(=O)(=O)CCCC(F)(F)F. The standard InChI is InChI=1S/C9H19F3N2O2S/c1-2-14(7-4-6-13)17(15,16)8-3-5-9(10,11)12/h2-8,13H2,1H3. The Morgan fingerprint density at radius 3 is 2.24 bits per heavy atom. The highest BCUT2D eigenvalue weighted by Crippen LogP contribution is 2.22. The first kappa shape index (κ1) is 16.7. The molecule has 104 valence electrons. The van der Waals surface area contributed by atoms with Gasteiger partial charge in [0.05, 0.1) is 5.75 Å². The van der Waals surface area contributed by atoms with Crippen molar-refractivity contribution in [2.75, 3.05) is 25.4 Å². The van der Waals surface area contributed by atoms with Crippen LogP contribution in [-0.4, -0.2) is 44.3 Å². The smallest absolute Gasteiger partial charge is 0.330 e. The molecule has 0 unspecified atom stereocenters. The van der Waals surface area contributed by atoms with Crippen LogP contribution < -0.4 is 5.73 Å². The second kappa shape index (κ2) is 7.17. The van der Waals surface area contributed by atoms with Crippen LogP contribution in [0.2, 0.25) is 0 Å². The molecule has 2 N–H and O–H groups in total. The summed E-state index contributed by atoms with van der Waals surface area (Å²) < 4.78 is 60.2. The Bertz CT molecular complexity index is 304. The van der Waals surface area contributed by atoms with Gasteiger partial charge in [-0.15, -0.1) is 0 Å². The van der Waals surface area contributed by atoms with Crippen LogP contribution in [0.3, 0.4) is 0 Å². The van der Waals surface area contributed by atoms with Gasteiger partial charge in [-0.1, -0.05) is 6.92 Å². The van der Waals surface area contributed by atoms with E-state index in [1.165, 1.54) is 4.31 Å². The summed E-state index contributed by atoms with van der Waals surface area (Å²) in [5, 5.41) is 0. The fourth-order valence-corrected chi connectivity index (χ4v) is 2.91. The predicted octanol–water partition coefficient (Wildman–Crippen LogP) is 1.33. The molecule has 0 aliphatic heterocycles. The van der Waals surface area contributed by atoms with E-state index >= 15 is 0 Å². The van der Waals surface area contributed by atoms with E-state index in [9.17, 15) is 21.6 Å². The maximum Gasteiger partial charge on any atom is 0.389 e. The van der Waals surface area contributed by atoms with E-state index in [0.717, 1.165) is 0 Å². The van der Waals surface area contributed by atoms with E-state index < -0.39 is 34.8 Å². The van der Waals surface area contributed by atoms with E-state index in [0.29, 0.717) is 13.0 Å². The van der Waals surface area contributed by atoms with Crippen molar-refractivity contribution in [2.45, 2.75) is 32.4 Å². The van der Waals surface area contributed by atoms with Crippen molar-refractivity contribution >= 4 is 10.0 Å². The molecule has 0 amide bonds. The Morgan fingerprint density at radius 2 is 1.82 bits per heavy atom. The highest BCUT2D eigenvalue weighted by atomic mass is 32.2. The van der Waals surface area contributed by atoms with Gasteiger partial charge in [-0.05, 0) is 19.4 Å². The third-order valence-corrected chi connectivity index (χ3v) is 4.25. The van der Waals surface area contributed by atoms with Gasteiger partial charge in [-0.25, -0.2) is 12.7 Å². The zero-order valence-corrected chi connectivity index (χ0v) is 10.6. The van der Waals surface area contributed by atoms with Gasteiger partial charge in [0, 0.05) is 19.5 Å². The van der Waals surface area contributed by atoms with Crippen molar-refractivity contribution in [1.82, 2.24) is 4.31 Å². The molecule has 0 aliphatic carbocycles. The number of nitrogens with zero attached hydrogens (tertiary/aromatic N) is 1. The lowest BCUT2D eigenvalue weighted by molar-refractivity contribution is -0.134. The van der Waals surface area contributed by atoms with Crippen LogP contribution in [0.25, 0.3) is 0 Å². The minimum Gasteiger partial charge on any atom is -0.330 e. The van der Waals surface area contributed by atoms with Gasteiger partial charge in [0.2, 0.25) is 10.0 Å². The van der Waals surface area contributed by atoms with Crippen LogP contribution >= 0.6 is 0 Å². The summed E-state index contributed by atoms with van der Waals surface area (Å²) in [5.74, 6) is -0.467. The van der Waals surface area contributed by atoms with Crippen LogP contribution in [0.15, 0.2) is 0 Å². The fraction of sp³-hybridized carbons (Fsp3) is 1.00. The lowest BCUT2D eigenvalue weighted by Gasteiger charge is -2.20. The first-order chi connectivity index (χ1) is 7.73. The van der Waals surface area contributed by atoms with Crippen LogP contribution in [0.5, 0.6) is 0 Å². The molecule has 0 aliphatic rings. The first-order valence-corrected chi connectivity index (χ1v) is 7.08. The molecule has 0 saturated carbocycles. The fourth-order valence-electron chi connectivity index (χ4n) is 1.35. The average molecular weight is 276 g/mol. The summed E-state index contributed by atoms with van der Waals surface area (Å²) in [6, 6.07) is 0. The number of nitrogens with two attached hydrogens (primary N) is 1. The van der Waals surface area contributed by atoms with Crippen molar-refractivity contribution in [3.63, 3.8) is 0 Å². The topological polar surface area (TPSA) is 63.4 Å². The molecule has 0 spiro atoms. The number of alkyl halides is 3.